The third kappa shape index (κ3) is 4.22. The van der Waals surface area contributed by atoms with Crippen molar-refractivity contribution in [2.45, 2.75) is 0 Å². The van der Waals surface area contributed by atoms with Crippen molar-refractivity contribution >= 4 is 11.7 Å². The average Bonchev–Trinajstić information content (AvgIpc) is 2.33. The van der Waals surface area contributed by atoms with Crippen LogP contribution in [0.4, 0.5) is 4.39 Å². The van der Waals surface area contributed by atoms with Crippen LogP contribution in [-0.2, 0) is 9.59 Å². The Morgan fingerprint density at radius 1 is 1.33 bits per heavy atom. The van der Waals surface area contributed by atoms with Gasteiger partial charge in [0.05, 0.1) is 0 Å². The van der Waals surface area contributed by atoms with E-state index in [9.17, 15) is 14.0 Å². The molecule has 1 aromatic rings. The topological polar surface area (TPSA) is 37.4 Å². The van der Waals surface area contributed by atoms with E-state index in [1.807, 2.05) is 0 Å². The fraction of sp³-hybridized carbons (Fsp3) is 0.143. The summed E-state index contributed by atoms with van der Waals surface area (Å²) < 4.78 is 12.8. The Morgan fingerprint density at radius 3 is 2.67 bits per heavy atom. The first-order chi connectivity index (χ1) is 8.50. The van der Waals surface area contributed by atoms with E-state index >= 15 is 0 Å². The number of hydrogen-bond acceptors (Lipinski definition) is 2. The highest BCUT2D eigenvalue weighted by Crippen LogP contribution is 2.00. The largest absolute Gasteiger partial charge is 0.342 e. The third-order valence-electron chi connectivity index (χ3n) is 1.98. The summed E-state index contributed by atoms with van der Waals surface area (Å²) in [5.41, 5.74) is 0.506. The summed E-state index contributed by atoms with van der Waals surface area (Å²) in [6.07, 6.45) is 2.36. The molecule has 0 aliphatic carbocycles. The van der Waals surface area contributed by atoms with E-state index in [0.29, 0.717) is 5.56 Å². The zero-order valence-electron chi connectivity index (χ0n) is 10.1. The molecule has 0 atom stereocenters. The average molecular weight is 245 g/mol. The maximum absolute atomic E-state index is 12.8. The molecule has 4 heteroatoms. The van der Waals surface area contributed by atoms with Gasteiger partial charge in [-0.1, -0.05) is 17.9 Å². The molecule has 18 heavy (non-hydrogen) atoms. The highest BCUT2D eigenvalue weighted by molar-refractivity contribution is 6.40. The Bertz CT molecular complexity index is 550. The van der Waals surface area contributed by atoms with Crippen molar-refractivity contribution in [1.82, 2.24) is 4.90 Å². The van der Waals surface area contributed by atoms with E-state index in [-0.39, 0.29) is 5.82 Å². The molecular formula is C14H12FNO2. The number of allylic oxidation sites excluding steroid dienone is 1. The van der Waals surface area contributed by atoms with Crippen LogP contribution in [-0.4, -0.2) is 30.7 Å². The Hall–Kier alpha value is -2.41. The minimum atomic E-state index is -0.645. The number of rotatable bonds is 2. The van der Waals surface area contributed by atoms with Crippen LogP contribution < -0.4 is 0 Å². The molecule has 0 bridgehead atoms. The van der Waals surface area contributed by atoms with Gasteiger partial charge < -0.3 is 4.90 Å². The molecule has 3 nitrogen and oxygen atoms in total. The van der Waals surface area contributed by atoms with Crippen molar-refractivity contribution in [2.75, 3.05) is 14.1 Å². The van der Waals surface area contributed by atoms with E-state index in [1.165, 1.54) is 37.2 Å². The second-order valence-electron chi connectivity index (χ2n) is 3.68. The maximum Gasteiger partial charge on any atom is 0.293 e. The van der Waals surface area contributed by atoms with Crippen LogP contribution in [0.3, 0.4) is 0 Å². The van der Waals surface area contributed by atoms with Gasteiger partial charge in [0.1, 0.15) is 5.82 Å². The number of benzene rings is 1. The first kappa shape index (κ1) is 13.7. The van der Waals surface area contributed by atoms with Crippen molar-refractivity contribution in [1.29, 1.82) is 0 Å². The zero-order chi connectivity index (χ0) is 13.5. The lowest BCUT2D eigenvalue weighted by Gasteiger charge is -2.05. The SMILES string of the molecule is CN(C)C(=O)C(=O)/C=C/C#Cc1cccc(F)c1. The number of carbonyl (C=O) groups excluding carboxylic acids is 2. The minimum absolute atomic E-state index is 0.371. The van der Waals surface area contributed by atoms with Gasteiger partial charge in [0.2, 0.25) is 5.78 Å². The van der Waals surface area contributed by atoms with Crippen LogP contribution in [0.2, 0.25) is 0 Å². The van der Waals surface area contributed by atoms with Crippen molar-refractivity contribution in [3.8, 4) is 11.8 Å². The zero-order valence-corrected chi connectivity index (χ0v) is 10.1. The van der Waals surface area contributed by atoms with Crippen molar-refractivity contribution in [2.24, 2.45) is 0 Å². The Balaban J connectivity index is 2.66. The van der Waals surface area contributed by atoms with E-state index in [4.69, 9.17) is 0 Å². The second kappa shape index (κ2) is 6.36. The van der Waals surface area contributed by atoms with Crippen LogP contribution in [0, 0.1) is 17.7 Å². The lowest BCUT2D eigenvalue weighted by molar-refractivity contribution is -0.140. The molecule has 0 aromatic heterocycles. The predicted octanol–water partition coefficient (Wildman–Crippen LogP) is 1.39. The summed E-state index contributed by atoms with van der Waals surface area (Å²) in [6, 6.07) is 5.80. The maximum atomic E-state index is 12.8. The normalized spacial score (nSPS) is 9.72. The quantitative estimate of drug-likeness (QED) is 0.448. The monoisotopic (exact) mass is 245 g/mol. The highest BCUT2D eigenvalue weighted by atomic mass is 19.1. The Kier molecular flexibility index (Phi) is 4.82. The fourth-order valence-corrected chi connectivity index (χ4v) is 1.10. The number of nitrogens with zero attached hydrogens (tertiary/aromatic N) is 1. The third-order valence-corrected chi connectivity index (χ3v) is 1.98. The molecule has 1 amide bonds. The molecule has 0 aliphatic heterocycles. The molecule has 0 saturated carbocycles. The molecule has 1 rings (SSSR count). The first-order valence-corrected chi connectivity index (χ1v) is 5.20. The Labute approximate surface area is 105 Å². The van der Waals surface area contributed by atoms with Crippen LogP contribution >= 0.6 is 0 Å². The summed E-state index contributed by atoms with van der Waals surface area (Å²) in [7, 11) is 2.99. The van der Waals surface area contributed by atoms with Crippen molar-refractivity contribution in [3.05, 3.63) is 47.8 Å². The van der Waals surface area contributed by atoms with E-state index in [2.05, 4.69) is 11.8 Å². The summed E-state index contributed by atoms with van der Waals surface area (Å²) >= 11 is 0. The molecule has 0 radical (unpaired) electrons. The number of carbonyl (C=O) groups is 2. The molecule has 0 saturated heterocycles. The Morgan fingerprint density at radius 2 is 2.06 bits per heavy atom. The molecule has 1 aromatic carbocycles. The van der Waals surface area contributed by atoms with Gasteiger partial charge in [-0.25, -0.2) is 4.39 Å². The van der Waals surface area contributed by atoms with Gasteiger partial charge in [0.25, 0.3) is 5.91 Å². The summed E-state index contributed by atoms with van der Waals surface area (Å²) in [5, 5.41) is 0. The van der Waals surface area contributed by atoms with Gasteiger partial charge >= 0.3 is 0 Å². The summed E-state index contributed by atoms with van der Waals surface area (Å²) in [6.45, 7) is 0. The van der Waals surface area contributed by atoms with Crippen molar-refractivity contribution in [3.63, 3.8) is 0 Å². The minimum Gasteiger partial charge on any atom is -0.342 e. The van der Waals surface area contributed by atoms with Gasteiger partial charge in [0, 0.05) is 19.7 Å². The smallest absolute Gasteiger partial charge is 0.293 e. The van der Waals surface area contributed by atoms with Gasteiger partial charge in [-0.15, -0.1) is 0 Å². The molecule has 0 aliphatic rings. The number of amides is 1. The number of likely N-dealkylation sites (N-methyl/N-ethyl adjacent to an activating group) is 1. The second-order valence-corrected chi connectivity index (χ2v) is 3.68. The van der Waals surface area contributed by atoms with Crippen LogP contribution in [0.15, 0.2) is 36.4 Å². The summed E-state index contributed by atoms with van der Waals surface area (Å²) in [4.78, 5) is 23.6. The fourth-order valence-electron chi connectivity index (χ4n) is 1.10. The molecule has 0 spiro atoms. The number of halogens is 1. The standard InChI is InChI=1S/C14H12FNO2/c1-16(2)14(18)13(17)9-4-3-6-11-7-5-8-12(15)10-11/h4-5,7-10H,1-2H3/b9-4+. The summed E-state index contributed by atoms with van der Waals surface area (Å²) in [5.74, 6) is 3.59. The van der Waals surface area contributed by atoms with Gasteiger partial charge in [-0.2, -0.15) is 0 Å². The molecular weight excluding hydrogens is 233 g/mol. The lowest BCUT2D eigenvalue weighted by atomic mass is 10.2. The first-order valence-electron chi connectivity index (χ1n) is 5.20. The van der Waals surface area contributed by atoms with Crippen molar-refractivity contribution < 1.29 is 14.0 Å². The molecule has 0 heterocycles. The van der Waals surface area contributed by atoms with E-state index < -0.39 is 11.7 Å². The predicted molar refractivity (Wildman–Crippen MR) is 66.1 cm³/mol. The molecule has 0 fully saturated rings. The molecule has 0 N–H and O–H groups in total. The number of ketones is 1. The number of hydrogen-bond donors (Lipinski definition) is 0. The van der Waals surface area contributed by atoms with Gasteiger partial charge in [-0.05, 0) is 30.4 Å². The van der Waals surface area contributed by atoms with Gasteiger partial charge in [0.15, 0.2) is 0 Å². The van der Waals surface area contributed by atoms with Crippen LogP contribution in [0.1, 0.15) is 5.56 Å². The van der Waals surface area contributed by atoms with Crippen LogP contribution in [0.25, 0.3) is 0 Å². The van der Waals surface area contributed by atoms with Crippen LogP contribution in [0.5, 0.6) is 0 Å². The van der Waals surface area contributed by atoms with Gasteiger partial charge in [-0.3, -0.25) is 9.59 Å². The van der Waals surface area contributed by atoms with E-state index in [1.54, 1.807) is 12.1 Å². The lowest BCUT2D eigenvalue weighted by Crippen LogP contribution is -2.28. The molecule has 0 unspecified atom stereocenters. The molecule has 92 valence electrons. The van der Waals surface area contributed by atoms with E-state index in [0.717, 1.165) is 6.08 Å². The highest BCUT2D eigenvalue weighted by Gasteiger charge is 2.10.